The van der Waals surface area contributed by atoms with E-state index in [0.717, 1.165) is 69.6 Å². The summed E-state index contributed by atoms with van der Waals surface area (Å²) in [6, 6.07) is 0. The Labute approximate surface area is 399 Å². The Morgan fingerprint density at radius 2 is 0.547 bits per heavy atom. The molecule has 0 fully saturated rings. The van der Waals surface area contributed by atoms with Gasteiger partial charge in [-0.05, 0) is 31.1 Å². The van der Waals surface area contributed by atoms with Crippen LogP contribution in [-0.4, -0.2) is 37.2 Å². The van der Waals surface area contributed by atoms with Crippen molar-refractivity contribution in [1.82, 2.24) is 0 Å². The second-order valence-electron chi connectivity index (χ2n) is 20.4. The largest absolute Gasteiger partial charge is 0.462 e. The van der Waals surface area contributed by atoms with Crippen LogP contribution >= 0.6 is 0 Å². The molecule has 0 aromatic rings. The quantitative estimate of drug-likeness (QED) is 0.0344. The highest BCUT2D eigenvalue weighted by Crippen LogP contribution is 2.19. The predicted molar refractivity (Wildman–Crippen MR) is 275 cm³/mol. The first-order chi connectivity index (χ1) is 31.3. The van der Waals surface area contributed by atoms with Crippen molar-refractivity contribution >= 4 is 17.9 Å². The van der Waals surface area contributed by atoms with Gasteiger partial charge in [-0.3, -0.25) is 14.4 Å². The third kappa shape index (κ3) is 48.3. The average molecular weight is 906 g/mol. The molecule has 0 aliphatic rings. The van der Waals surface area contributed by atoms with Gasteiger partial charge in [0, 0.05) is 19.3 Å². The van der Waals surface area contributed by atoms with Gasteiger partial charge in [0.25, 0.3) is 0 Å². The van der Waals surface area contributed by atoms with Gasteiger partial charge in [-0.1, -0.05) is 285 Å². The van der Waals surface area contributed by atoms with E-state index in [1.807, 2.05) is 0 Å². The SMILES string of the molecule is CCCCCCCCCCCCC(=O)OC[C@@H](COC(=O)CCCCCCCCCCCCC(C)CC)OC(=O)CCCCCCCCCCCCCCCCCCCCC(C)CC. The Kier molecular flexibility index (Phi) is 49.6. The summed E-state index contributed by atoms with van der Waals surface area (Å²) in [6.07, 6.45) is 53.7. The topological polar surface area (TPSA) is 78.9 Å². The fourth-order valence-electron chi connectivity index (χ4n) is 8.81. The van der Waals surface area contributed by atoms with Gasteiger partial charge >= 0.3 is 17.9 Å². The number of ether oxygens (including phenoxy) is 3. The van der Waals surface area contributed by atoms with Crippen molar-refractivity contribution in [3.05, 3.63) is 0 Å². The molecule has 6 nitrogen and oxygen atoms in total. The monoisotopic (exact) mass is 905 g/mol. The zero-order valence-electron chi connectivity index (χ0n) is 43.9. The van der Waals surface area contributed by atoms with Crippen molar-refractivity contribution in [3.8, 4) is 0 Å². The summed E-state index contributed by atoms with van der Waals surface area (Å²) in [5.41, 5.74) is 0. The molecule has 0 radical (unpaired) electrons. The van der Waals surface area contributed by atoms with Gasteiger partial charge in [-0.2, -0.15) is 0 Å². The normalized spacial score (nSPS) is 12.9. The van der Waals surface area contributed by atoms with E-state index in [2.05, 4.69) is 34.6 Å². The highest BCUT2D eigenvalue weighted by molar-refractivity contribution is 5.71. The van der Waals surface area contributed by atoms with Gasteiger partial charge in [0.1, 0.15) is 13.2 Å². The number of hydrogen-bond donors (Lipinski definition) is 0. The van der Waals surface area contributed by atoms with Crippen LogP contribution in [0.4, 0.5) is 0 Å². The molecule has 6 heteroatoms. The number of unbranched alkanes of at least 4 members (excludes halogenated alkanes) is 35. The van der Waals surface area contributed by atoms with E-state index in [-0.39, 0.29) is 31.1 Å². The summed E-state index contributed by atoms with van der Waals surface area (Å²) >= 11 is 0. The molecular weight excluding hydrogens is 793 g/mol. The molecule has 0 aromatic carbocycles. The number of rotatable bonds is 52. The maximum Gasteiger partial charge on any atom is 0.306 e. The van der Waals surface area contributed by atoms with Gasteiger partial charge in [-0.15, -0.1) is 0 Å². The van der Waals surface area contributed by atoms with Crippen molar-refractivity contribution in [2.45, 2.75) is 330 Å². The zero-order chi connectivity index (χ0) is 46.8. The molecule has 0 heterocycles. The molecule has 0 aliphatic carbocycles. The Balaban J connectivity index is 4.21. The fraction of sp³-hybridized carbons (Fsp3) is 0.948. The lowest BCUT2D eigenvalue weighted by Gasteiger charge is -2.18. The summed E-state index contributed by atoms with van der Waals surface area (Å²) in [6.45, 7) is 11.5. The van der Waals surface area contributed by atoms with Crippen molar-refractivity contribution in [1.29, 1.82) is 0 Å². The molecule has 2 unspecified atom stereocenters. The third-order valence-corrected chi connectivity index (χ3v) is 13.9. The van der Waals surface area contributed by atoms with Crippen LogP contribution in [0.25, 0.3) is 0 Å². The summed E-state index contributed by atoms with van der Waals surface area (Å²) in [4.78, 5) is 38.0. The van der Waals surface area contributed by atoms with Gasteiger partial charge in [-0.25, -0.2) is 0 Å². The Bertz CT molecular complexity index is 982. The van der Waals surface area contributed by atoms with Crippen LogP contribution in [0.15, 0.2) is 0 Å². The van der Waals surface area contributed by atoms with Crippen LogP contribution in [0.5, 0.6) is 0 Å². The van der Waals surface area contributed by atoms with E-state index in [0.29, 0.717) is 19.3 Å². The molecule has 0 aromatic heterocycles. The van der Waals surface area contributed by atoms with Crippen molar-refractivity contribution in [3.63, 3.8) is 0 Å². The van der Waals surface area contributed by atoms with Crippen molar-refractivity contribution in [2.75, 3.05) is 13.2 Å². The lowest BCUT2D eigenvalue weighted by Crippen LogP contribution is -2.30. The third-order valence-electron chi connectivity index (χ3n) is 13.9. The van der Waals surface area contributed by atoms with Crippen LogP contribution in [0.3, 0.4) is 0 Å². The number of carbonyl (C=O) groups is 3. The molecule has 0 saturated carbocycles. The average Bonchev–Trinajstić information content (AvgIpc) is 3.29. The first-order valence-electron chi connectivity index (χ1n) is 28.8. The van der Waals surface area contributed by atoms with Crippen LogP contribution < -0.4 is 0 Å². The van der Waals surface area contributed by atoms with E-state index < -0.39 is 6.10 Å². The molecule has 0 saturated heterocycles. The molecule has 0 aliphatic heterocycles. The number of hydrogen-bond acceptors (Lipinski definition) is 6. The summed E-state index contributed by atoms with van der Waals surface area (Å²) in [7, 11) is 0. The maximum absolute atomic E-state index is 12.8. The van der Waals surface area contributed by atoms with E-state index in [9.17, 15) is 14.4 Å². The van der Waals surface area contributed by atoms with Crippen LogP contribution in [0.1, 0.15) is 324 Å². The molecule has 0 rings (SSSR count). The van der Waals surface area contributed by atoms with E-state index >= 15 is 0 Å². The molecule has 0 bridgehead atoms. The molecule has 0 amide bonds. The van der Waals surface area contributed by atoms with Crippen LogP contribution in [0.2, 0.25) is 0 Å². The second-order valence-corrected chi connectivity index (χ2v) is 20.4. The van der Waals surface area contributed by atoms with Crippen LogP contribution in [0, 0.1) is 11.8 Å². The molecule has 0 spiro atoms. The van der Waals surface area contributed by atoms with E-state index in [1.165, 1.54) is 212 Å². The fourth-order valence-corrected chi connectivity index (χ4v) is 8.81. The Hall–Kier alpha value is -1.59. The smallest absolute Gasteiger partial charge is 0.306 e. The second kappa shape index (κ2) is 50.8. The first kappa shape index (κ1) is 62.4. The van der Waals surface area contributed by atoms with Crippen LogP contribution in [-0.2, 0) is 28.6 Å². The molecule has 0 N–H and O–H groups in total. The molecule has 3 atom stereocenters. The summed E-state index contributed by atoms with van der Waals surface area (Å²) in [5, 5.41) is 0. The first-order valence-corrected chi connectivity index (χ1v) is 28.8. The van der Waals surface area contributed by atoms with Gasteiger partial charge in [0.05, 0.1) is 0 Å². The van der Waals surface area contributed by atoms with E-state index in [1.54, 1.807) is 0 Å². The Morgan fingerprint density at radius 1 is 0.312 bits per heavy atom. The minimum atomic E-state index is -0.762. The Morgan fingerprint density at radius 3 is 0.812 bits per heavy atom. The lowest BCUT2D eigenvalue weighted by atomic mass is 9.99. The zero-order valence-corrected chi connectivity index (χ0v) is 43.9. The maximum atomic E-state index is 12.8. The minimum Gasteiger partial charge on any atom is -0.462 e. The summed E-state index contributed by atoms with van der Waals surface area (Å²) in [5.74, 6) is 0.936. The minimum absolute atomic E-state index is 0.0632. The summed E-state index contributed by atoms with van der Waals surface area (Å²) < 4.78 is 16.9. The van der Waals surface area contributed by atoms with Gasteiger partial charge < -0.3 is 14.2 Å². The number of esters is 3. The van der Waals surface area contributed by atoms with Crippen molar-refractivity contribution < 1.29 is 28.6 Å². The van der Waals surface area contributed by atoms with E-state index in [4.69, 9.17) is 14.2 Å². The molecule has 380 valence electrons. The lowest BCUT2D eigenvalue weighted by molar-refractivity contribution is -0.167. The highest BCUT2D eigenvalue weighted by atomic mass is 16.6. The number of carbonyl (C=O) groups excluding carboxylic acids is 3. The van der Waals surface area contributed by atoms with Gasteiger partial charge in [0.2, 0.25) is 0 Å². The highest BCUT2D eigenvalue weighted by Gasteiger charge is 2.19. The van der Waals surface area contributed by atoms with Gasteiger partial charge in [0.15, 0.2) is 6.10 Å². The molecule has 64 heavy (non-hydrogen) atoms. The predicted octanol–water partition coefficient (Wildman–Crippen LogP) is 18.9. The van der Waals surface area contributed by atoms with Crippen molar-refractivity contribution in [2.24, 2.45) is 11.8 Å². The standard InChI is InChI=1S/C58H112O6/c1-6-9-10-11-12-13-28-33-38-43-48-56(59)62-51-55(52-63-57(60)49-44-39-34-29-25-24-27-32-37-42-47-54(5)8-3)64-58(61)50-45-40-35-30-23-21-19-17-15-14-16-18-20-22-26-31-36-41-46-53(4)7-2/h53-55H,6-52H2,1-5H3/t53?,54?,55-/m0/s1. The molecular formula is C58H112O6.